The molecule has 0 aliphatic heterocycles. The molecule has 0 saturated heterocycles. The minimum absolute atomic E-state index is 0.00480. The Morgan fingerprint density at radius 3 is 1.78 bits per heavy atom. The molecule has 0 fully saturated rings. The van der Waals surface area contributed by atoms with Gasteiger partial charge in [-0.3, -0.25) is 48.1 Å². The minimum atomic E-state index is -1.64. The number of aliphatic imine (C=N–C) groups is 1. The van der Waals surface area contributed by atoms with Crippen LogP contribution in [-0.2, 0) is 54.4 Å². The number of rotatable bonds is 34. The third kappa shape index (κ3) is 24.4. The molecule has 0 aliphatic carbocycles. The van der Waals surface area contributed by atoms with E-state index in [1.165, 1.54) is 12.5 Å². The molecule has 7 atom stereocenters. The Hall–Kier alpha value is -5.74. The van der Waals surface area contributed by atoms with Crippen LogP contribution in [0.25, 0.3) is 0 Å². The molecule has 0 aliphatic rings. The van der Waals surface area contributed by atoms with Crippen molar-refractivity contribution in [2.75, 3.05) is 26.3 Å². The fourth-order valence-electron chi connectivity index (χ4n) is 7.60. The van der Waals surface area contributed by atoms with E-state index in [-0.39, 0.29) is 55.7 Å². The fourth-order valence-corrected chi connectivity index (χ4v) is 7.60. The zero-order chi connectivity index (χ0) is 52.8. The number of carbonyl (C=O) groups excluding carboxylic acids is 10. The average Bonchev–Trinajstić information content (AvgIpc) is 3.75. The number of hydrogen-bond donors (Lipinski definition) is 10. The molecule has 22 nitrogen and oxygen atoms in total. The molecule has 1 aromatic heterocycles. The second-order valence-corrected chi connectivity index (χ2v) is 20.2. The molecule has 22 heteroatoms. The van der Waals surface area contributed by atoms with Gasteiger partial charge >= 0.3 is 0 Å². The van der Waals surface area contributed by atoms with Gasteiger partial charge in [0.25, 0.3) is 0 Å². The molecule has 4 amide bonds. The summed E-state index contributed by atoms with van der Waals surface area (Å²) in [5, 5.41) is 30.9. The maximum Gasteiger partial charge on any atom is 0.226 e. The summed E-state index contributed by atoms with van der Waals surface area (Å²) in [6.45, 7) is 13.7. The molecular formula is C47H78N10O12. The smallest absolute Gasteiger partial charge is 0.226 e. The monoisotopic (exact) mass is 975 g/mol. The lowest BCUT2D eigenvalue weighted by Crippen LogP contribution is -2.50. The number of aromatic amines is 1. The Morgan fingerprint density at radius 1 is 0.710 bits per heavy atom. The molecule has 0 saturated carbocycles. The maximum absolute atomic E-state index is 13.8. The summed E-state index contributed by atoms with van der Waals surface area (Å²) in [5.74, 6) is -11.6. The van der Waals surface area contributed by atoms with Gasteiger partial charge in [-0.25, -0.2) is 4.98 Å². The van der Waals surface area contributed by atoms with Gasteiger partial charge in [0.1, 0.15) is 17.6 Å². The van der Waals surface area contributed by atoms with Gasteiger partial charge in [0, 0.05) is 73.3 Å². The quantitative estimate of drug-likeness (QED) is 0.0240. The van der Waals surface area contributed by atoms with Gasteiger partial charge in [-0.2, -0.15) is 0 Å². The lowest BCUT2D eigenvalue weighted by Gasteiger charge is -2.29. The average molecular weight is 975 g/mol. The first-order chi connectivity index (χ1) is 32.0. The summed E-state index contributed by atoms with van der Waals surface area (Å²) in [6, 6.07) is -3.76. The van der Waals surface area contributed by atoms with Crippen molar-refractivity contribution in [3.8, 4) is 0 Å². The number of hydrogen-bond acceptors (Lipinski definition) is 15. The fraction of sp³-hybridized carbons (Fsp3) is 0.702. The van der Waals surface area contributed by atoms with Crippen molar-refractivity contribution < 1.29 is 58.2 Å². The Morgan fingerprint density at radius 2 is 1.28 bits per heavy atom. The molecule has 0 bridgehead atoms. The number of aliphatic hydroxyl groups is 2. The highest BCUT2D eigenvalue weighted by atomic mass is 16.3. The first-order valence-corrected chi connectivity index (χ1v) is 23.3. The number of H-pyrrole nitrogens is 1. The molecule has 0 spiro atoms. The van der Waals surface area contributed by atoms with Gasteiger partial charge in [-0.05, 0) is 59.3 Å². The lowest BCUT2D eigenvalue weighted by atomic mass is 9.78. The van der Waals surface area contributed by atoms with Crippen LogP contribution in [0.2, 0.25) is 0 Å². The van der Waals surface area contributed by atoms with Crippen molar-refractivity contribution in [3.05, 3.63) is 18.2 Å². The third-order valence-corrected chi connectivity index (χ3v) is 11.0. The van der Waals surface area contributed by atoms with Gasteiger partial charge < -0.3 is 58.5 Å². The number of aliphatic hydroxyl groups excluding tert-OH is 2. The summed E-state index contributed by atoms with van der Waals surface area (Å²) in [6.07, 6.45) is 0.616. The van der Waals surface area contributed by atoms with Crippen LogP contribution in [0.4, 0.5) is 0 Å². The van der Waals surface area contributed by atoms with Crippen LogP contribution in [0, 0.1) is 35.0 Å². The molecule has 69 heavy (non-hydrogen) atoms. The number of guanidine groups is 1. The Bertz CT molecular complexity index is 1950. The van der Waals surface area contributed by atoms with Crippen molar-refractivity contribution in [2.24, 2.45) is 57.2 Å². The van der Waals surface area contributed by atoms with Crippen LogP contribution in [0.5, 0.6) is 0 Å². The molecule has 13 N–H and O–H groups in total. The highest BCUT2D eigenvalue weighted by Gasteiger charge is 2.37. The normalized spacial score (nSPS) is 14.8. The van der Waals surface area contributed by atoms with Crippen LogP contribution in [-0.4, -0.2) is 134 Å². The van der Waals surface area contributed by atoms with E-state index in [9.17, 15) is 58.2 Å². The van der Waals surface area contributed by atoms with E-state index >= 15 is 0 Å². The van der Waals surface area contributed by atoms with E-state index in [1.54, 1.807) is 20.8 Å². The number of Topliss-reactive ketones (excluding diaryl/α,β-unsaturated/α-hetero) is 6. The van der Waals surface area contributed by atoms with Crippen molar-refractivity contribution >= 4 is 64.3 Å². The number of carbonyl (C=O) groups is 10. The van der Waals surface area contributed by atoms with E-state index in [0.29, 0.717) is 12.1 Å². The van der Waals surface area contributed by atoms with Gasteiger partial charge in [0.2, 0.25) is 23.6 Å². The van der Waals surface area contributed by atoms with Crippen LogP contribution >= 0.6 is 0 Å². The molecule has 388 valence electrons. The van der Waals surface area contributed by atoms with Crippen LogP contribution in [0.15, 0.2) is 17.5 Å². The van der Waals surface area contributed by atoms with Crippen molar-refractivity contribution in [1.29, 1.82) is 0 Å². The molecular weight excluding hydrogens is 897 g/mol. The van der Waals surface area contributed by atoms with Gasteiger partial charge in [0.15, 0.2) is 29.1 Å². The predicted octanol–water partition coefficient (Wildman–Crippen LogP) is -0.350. The first-order valence-electron chi connectivity index (χ1n) is 23.3. The highest BCUT2D eigenvalue weighted by molar-refractivity contribution is 5.99. The van der Waals surface area contributed by atoms with Crippen LogP contribution in [0.3, 0.4) is 0 Å². The number of nitrogens with zero attached hydrogens (tertiary/aromatic N) is 2. The predicted molar refractivity (Wildman–Crippen MR) is 255 cm³/mol. The van der Waals surface area contributed by atoms with E-state index in [0.717, 1.165) is 6.92 Å². The summed E-state index contributed by atoms with van der Waals surface area (Å²) in [5.41, 5.74) is 15.6. The minimum Gasteiger partial charge on any atom is -0.396 e. The summed E-state index contributed by atoms with van der Waals surface area (Å²) >= 11 is 0. The molecule has 0 aromatic carbocycles. The number of nitrogens with one attached hydrogen (secondary N) is 5. The highest BCUT2D eigenvalue weighted by Crippen LogP contribution is 2.26. The van der Waals surface area contributed by atoms with Gasteiger partial charge in [0.05, 0.1) is 56.4 Å². The zero-order valence-corrected chi connectivity index (χ0v) is 41.8. The summed E-state index contributed by atoms with van der Waals surface area (Å²) < 4.78 is 0. The number of nitrogens with two attached hydrogens (primary N) is 3. The number of amides is 4. The van der Waals surface area contributed by atoms with Crippen LogP contribution in [0.1, 0.15) is 126 Å². The van der Waals surface area contributed by atoms with Crippen molar-refractivity contribution in [1.82, 2.24) is 31.2 Å². The van der Waals surface area contributed by atoms with E-state index in [2.05, 4.69) is 36.2 Å². The van der Waals surface area contributed by atoms with Gasteiger partial charge in [-0.15, -0.1) is 0 Å². The Kier molecular flexibility index (Phi) is 26.0. The lowest BCUT2D eigenvalue weighted by molar-refractivity contribution is -0.138. The summed E-state index contributed by atoms with van der Waals surface area (Å²) in [7, 11) is 0. The molecule has 1 rings (SSSR count). The SMILES string of the molecule is CC(=O)C[C@@H](CC(=O)[C@H](CO)NC(=O)[C@@H](CCCN=C(N)N)CC(=O)CNC(=O)[C@@H](CO)CC(=O)[C@H](CC(C)C)NC(C)(C)C)C(=O)N[C@@H](CC(N)=O)C(=O)C[C@H](Cc1cnc[nH]1)C(=O)C(C)(C)C. The second kappa shape index (κ2) is 29.3. The van der Waals surface area contributed by atoms with Crippen molar-refractivity contribution in [3.63, 3.8) is 0 Å². The second-order valence-electron chi connectivity index (χ2n) is 20.2. The van der Waals surface area contributed by atoms with E-state index in [4.69, 9.17) is 17.2 Å². The number of ketones is 6. The molecule has 1 heterocycles. The number of imidazole rings is 1. The largest absolute Gasteiger partial charge is 0.396 e. The Labute approximate surface area is 404 Å². The topological polar surface area (TPSA) is 378 Å². The standard InChI is InChI=1S/C47H78N10O12/c1-26(2)13-35(57-47(7,8)9)38(63)19-31(23-58)42(67)53-22-33(61)16-28(11-10-12-52-45(49)50)43(68)56-36(24-59)39(64)18-30(14-27(3)60)44(69)55-34(20-40(48)65)37(62)17-29(41(66)46(4,5)6)15-32-21-51-25-54-32/h21,25-26,28-31,34-36,57-59H,10-20,22-24H2,1-9H3,(H2,48,65)(H,51,54)(H,53,67)(H,55,69)(H,56,68)(H4,49,50,52)/t28-,29-,30-,31+,34-,35-,36-/m0/s1. The van der Waals surface area contributed by atoms with Crippen LogP contribution < -0.4 is 38.5 Å². The van der Waals surface area contributed by atoms with Gasteiger partial charge in [-0.1, -0.05) is 34.6 Å². The molecule has 0 unspecified atom stereocenters. The Balaban J connectivity index is 3.23. The zero-order valence-electron chi connectivity index (χ0n) is 41.8. The molecule has 1 aromatic rings. The number of primary amides is 1. The maximum atomic E-state index is 13.8. The first kappa shape index (κ1) is 61.3. The third-order valence-electron chi connectivity index (χ3n) is 11.0. The summed E-state index contributed by atoms with van der Waals surface area (Å²) in [4.78, 5) is 143. The van der Waals surface area contributed by atoms with E-state index in [1.807, 2.05) is 34.6 Å². The number of aromatic nitrogens is 2. The van der Waals surface area contributed by atoms with E-state index < -0.39 is 151 Å². The van der Waals surface area contributed by atoms with Crippen molar-refractivity contribution in [2.45, 2.75) is 150 Å². The molecule has 0 radical (unpaired) electrons.